The molecule has 2 fully saturated rings. The quantitative estimate of drug-likeness (QED) is 0.541. The maximum atomic E-state index is 5.25. The molecule has 0 aliphatic carbocycles. The highest BCUT2D eigenvalue weighted by atomic mass is 16.5. The van der Waals surface area contributed by atoms with Gasteiger partial charge < -0.3 is 15.4 Å². The van der Waals surface area contributed by atoms with Crippen LogP contribution in [0.15, 0.2) is 0 Å². The molecule has 0 amide bonds. The van der Waals surface area contributed by atoms with Gasteiger partial charge in [0, 0.05) is 0 Å². The standard InChI is InChI=1S/C5H11N.C3H7NO/c1-6-4-2-3-5-6;4-3-1-5-2-3/h2-5H2,1H3;3H,1-2,4H2. The Morgan fingerprint density at radius 3 is 1.82 bits per heavy atom. The van der Waals surface area contributed by atoms with Gasteiger partial charge in [0.2, 0.25) is 0 Å². The molecule has 0 atom stereocenters. The third-order valence-electron chi connectivity index (χ3n) is 1.99. The van der Waals surface area contributed by atoms with E-state index in [0.717, 1.165) is 13.2 Å². The van der Waals surface area contributed by atoms with Crippen molar-refractivity contribution in [2.45, 2.75) is 18.9 Å². The number of rotatable bonds is 0. The third-order valence-corrected chi connectivity index (χ3v) is 1.99. The van der Waals surface area contributed by atoms with Gasteiger partial charge in [-0.1, -0.05) is 0 Å². The van der Waals surface area contributed by atoms with Gasteiger partial charge in [-0.3, -0.25) is 0 Å². The monoisotopic (exact) mass is 158 g/mol. The fraction of sp³-hybridized carbons (Fsp3) is 1.00. The lowest BCUT2D eigenvalue weighted by atomic mass is 10.3. The van der Waals surface area contributed by atoms with Gasteiger partial charge in [-0.2, -0.15) is 0 Å². The van der Waals surface area contributed by atoms with Crippen molar-refractivity contribution in [1.82, 2.24) is 4.90 Å². The molecule has 2 N–H and O–H groups in total. The molecule has 3 heteroatoms. The predicted octanol–water partition coefficient (Wildman–Crippen LogP) is 0.0559. The third kappa shape index (κ3) is 3.70. The first-order chi connectivity index (χ1) is 5.29. The van der Waals surface area contributed by atoms with E-state index in [1.165, 1.54) is 25.9 Å². The van der Waals surface area contributed by atoms with E-state index in [4.69, 9.17) is 10.5 Å². The van der Waals surface area contributed by atoms with E-state index < -0.39 is 0 Å². The summed E-state index contributed by atoms with van der Waals surface area (Å²) in [6.45, 7) is 4.17. The summed E-state index contributed by atoms with van der Waals surface area (Å²) in [6.07, 6.45) is 2.83. The second-order valence-corrected chi connectivity index (χ2v) is 3.31. The van der Waals surface area contributed by atoms with Crippen molar-refractivity contribution >= 4 is 0 Å². The Morgan fingerprint density at radius 2 is 1.73 bits per heavy atom. The van der Waals surface area contributed by atoms with Crippen molar-refractivity contribution in [3.8, 4) is 0 Å². The van der Waals surface area contributed by atoms with E-state index in [1.807, 2.05) is 0 Å². The van der Waals surface area contributed by atoms with Crippen LogP contribution in [0, 0.1) is 0 Å². The van der Waals surface area contributed by atoms with Crippen LogP contribution in [-0.4, -0.2) is 44.3 Å². The molecule has 0 radical (unpaired) electrons. The van der Waals surface area contributed by atoms with Gasteiger partial charge >= 0.3 is 0 Å². The molecule has 2 saturated heterocycles. The first kappa shape index (κ1) is 8.97. The van der Waals surface area contributed by atoms with Crippen LogP contribution in [0.2, 0.25) is 0 Å². The minimum Gasteiger partial charge on any atom is -0.378 e. The van der Waals surface area contributed by atoms with E-state index in [2.05, 4.69) is 11.9 Å². The van der Waals surface area contributed by atoms with Gasteiger partial charge in [0.15, 0.2) is 0 Å². The summed E-state index contributed by atoms with van der Waals surface area (Å²) in [5, 5.41) is 0. The Balaban J connectivity index is 0.000000112. The topological polar surface area (TPSA) is 38.5 Å². The van der Waals surface area contributed by atoms with Crippen LogP contribution in [-0.2, 0) is 4.74 Å². The molecular formula is C8H18N2O. The number of ether oxygens (including phenoxy) is 1. The van der Waals surface area contributed by atoms with Crippen LogP contribution in [0.25, 0.3) is 0 Å². The Hall–Kier alpha value is -0.120. The molecule has 3 nitrogen and oxygen atoms in total. The van der Waals surface area contributed by atoms with Gasteiger partial charge in [-0.25, -0.2) is 0 Å². The maximum Gasteiger partial charge on any atom is 0.0640 e. The lowest BCUT2D eigenvalue weighted by Gasteiger charge is -2.20. The SMILES string of the molecule is CN1CCCC1.NC1COC1. The molecule has 0 aromatic carbocycles. The normalized spacial score (nSPS) is 25.6. The van der Waals surface area contributed by atoms with Crippen LogP contribution >= 0.6 is 0 Å². The van der Waals surface area contributed by atoms with Crippen LogP contribution in [0.3, 0.4) is 0 Å². The molecule has 0 aromatic rings. The van der Waals surface area contributed by atoms with Crippen LogP contribution in [0.5, 0.6) is 0 Å². The van der Waals surface area contributed by atoms with Gasteiger partial charge in [-0.05, 0) is 33.0 Å². The summed E-state index contributed by atoms with van der Waals surface area (Å²) in [5.41, 5.74) is 5.25. The highest BCUT2D eigenvalue weighted by Crippen LogP contribution is 2.02. The molecule has 0 spiro atoms. The van der Waals surface area contributed by atoms with Crippen molar-refractivity contribution < 1.29 is 4.74 Å². The number of nitrogens with zero attached hydrogens (tertiary/aromatic N) is 1. The van der Waals surface area contributed by atoms with E-state index in [-0.39, 0.29) is 0 Å². The molecule has 66 valence electrons. The summed E-state index contributed by atoms with van der Waals surface area (Å²) in [6, 6.07) is 0.343. The van der Waals surface area contributed by atoms with Gasteiger partial charge in [0.25, 0.3) is 0 Å². The zero-order chi connectivity index (χ0) is 8.10. The summed E-state index contributed by atoms with van der Waals surface area (Å²) in [4.78, 5) is 2.36. The molecule has 2 rings (SSSR count). The Labute approximate surface area is 68.5 Å². The molecule has 0 saturated carbocycles. The van der Waals surface area contributed by atoms with E-state index in [1.54, 1.807) is 0 Å². The minimum absolute atomic E-state index is 0.343. The molecule has 2 aliphatic heterocycles. The summed E-state index contributed by atoms with van der Waals surface area (Å²) < 4.78 is 4.71. The minimum atomic E-state index is 0.343. The molecule has 11 heavy (non-hydrogen) atoms. The van der Waals surface area contributed by atoms with Crippen molar-refractivity contribution in [1.29, 1.82) is 0 Å². The molecule has 0 bridgehead atoms. The van der Waals surface area contributed by atoms with Crippen LogP contribution in [0.4, 0.5) is 0 Å². The van der Waals surface area contributed by atoms with Gasteiger partial charge in [0.05, 0.1) is 19.3 Å². The molecular weight excluding hydrogens is 140 g/mol. The lowest BCUT2D eigenvalue weighted by molar-refractivity contribution is 0.0121. The fourth-order valence-corrected chi connectivity index (χ4v) is 1.13. The lowest BCUT2D eigenvalue weighted by Crippen LogP contribution is -2.41. The Kier molecular flexibility index (Phi) is 3.83. The van der Waals surface area contributed by atoms with Crippen molar-refractivity contribution in [3.05, 3.63) is 0 Å². The fourth-order valence-electron chi connectivity index (χ4n) is 1.13. The largest absolute Gasteiger partial charge is 0.378 e. The zero-order valence-corrected chi connectivity index (χ0v) is 7.25. The maximum absolute atomic E-state index is 5.25. The Morgan fingerprint density at radius 1 is 1.27 bits per heavy atom. The number of nitrogens with two attached hydrogens (primary N) is 1. The average Bonchev–Trinajstić information content (AvgIpc) is 2.36. The van der Waals surface area contributed by atoms with Gasteiger partial charge in [0.1, 0.15) is 0 Å². The molecule has 0 aromatic heterocycles. The van der Waals surface area contributed by atoms with Crippen molar-refractivity contribution in [2.75, 3.05) is 33.4 Å². The number of hydrogen-bond donors (Lipinski definition) is 1. The van der Waals surface area contributed by atoms with Crippen molar-refractivity contribution in [2.24, 2.45) is 5.73 Å². The van der Waals surface area contributed by atoms with Gasteiger partial charge in [-0.15, -0.1) is 0 Å². The zero-order valence-electron chi connectivity index (χ0n) is 7.25. The second kappa shape index (κ2) is 4.70. The van der Waals surface area contributed by atoms with E-state index in [9.17, 15) is 0 Å². The molecule has 2 heterocycles. The second-order valence-electron chi connectivity index (χ2n) is 3.31. The van der Waals surface area contributed by atoms with Crippen LogP contribution in [0.1, 0.15) is 12.8 Å². The summed E-state index contributed by atoms with van der Waals surface area (Å²) in [7, 11) is 2.17. The summed E-state index contributed by atoms with van der Waals surface area (Å²) in [5.74, 6) is 0. The predicted molar refractivity (Wildman–Crippen MR) is 45.5 cm³/mol. The number of likely N-dealkylation sites (tertiary alicyclic amines) is 1. The summed E-state index contributed by atoms with van der Waals surface area (Å²) >= 11 is 0. The van der Waals surface area contributed by atoms with Crippen LogP contribution < -0.4 is 5.73 Å². The first-order valence-corrected chi connectivity index (χ1v) is 4.31. The van der Waals surface area contributed by atoms with E-state index >= 15 is 0 Å². The molecule has 2 aliphatic rings. The highest BCUT2D eigenvalue weighted by molar-refractivity contribution is 4.65. The number of hydrogen-bond acceptors (Lipinski definition) is 3. The molecule has 0 unspecified atom stereocenters. The average molecular weight is 158 g/mol. The van der Waals surface area contributed by atoms with E-state index in [0.29, 0.717) is 6.04 Å². The Bertz CT molecular complexity index is 98.3. The van der Waals surface area contributed by atoms with Crippen molar-refractivity contribution in [3.63, 3.8) is 0 Å². The smallest absolute Gasteiger partial charge is 0.0640 e. The first-order valence-electron chi connectivity index (χ1n) is 4.31. The highest BCUT2D eigenvalue weighted by Gasteiger charge is 2.10.